The van der Waals surface area contributed by atoms with Crippen LogP contribution in [0.4, 0.5) is 5.69 Å². The Labute approximate surface area is 107 Å². The normalized spacial score (nSPS) is 12.6. The summed E-state index contributed by atoms with van der Waals surface area (Å²) in [5.41, 5.74) is 6.61. The van der Waals surface area contributed by atoms with Crippen molar-refractivity contribution in [2.24, 2.45) is 11.7 Å². The van der Waals surface area contributed by atoms with Gasteiger partial charge in [0.1, 0.15) is 0 Å². The highest BCUT2D eigenvalue weighted by Crippen LogP contribution is 2.27. The van der Waals surface area contributed by atoms with Crippen molar-refractivity contribution in [1.82, 2.24) is 0 Å². The summed E-state index contributed by atoms with van der Waals surface area (Å²) < 4.78 is 0. The third-order valence-corrected chi connectivity index (χ3v) is 3.33. The van der Waals surface area contributed by atoms with Crippen molar-refractivity contribution in [1.29, 1.82) is 0 Å². The molecule has 90 valence electrons. The van der Waals surface area contributed by atoms with Crippen LogP contribution >= 0.6 is 23.2 Å². The molecule has 0 amide bonds. The molecule has 0 aliphatic rings. The lowest BCUT2D eigenvalue weighted by atomic mass is 10.1. The summed E-state index contributed by atoms with van der Waals surface area (Å²) in [6.45, 7) is 3.90. The van der Waals surface area contributed by atoms with Gasteiger partial charge in [-0.1, -0.05) is 30.1 Å². The first-order valence-corrected chi connectivity index (χ1v) is 6.16. The van der Waals surface area contributed by atoms with Gasteiger partial charge in [-0.3, -0.25) is 0 Å². The van der Waals surface area contributed by atoms with Crippen LogP contribution in [0.25, 0.3) is 0 Å². The third kappa shape index (κ3) is 3.85. The molecule has 0 bridgehead atoms. The van der Waals surface area contributed by atoms with E-state index in [0.29, 0.717) is 16.0 Å². The summed E-state index contributed by atoms with van der Waals surface area (Å²) in [4.78, 5) is 2.17. The van der Waals surface area contributed by atoms with Crippen molar-refractivity contribution >= 4 is 28.9 Å². The largest absolute Gasteiger partial charge is 0.374 e. The first-order chi connectivity index (χ1) is 7.54. The molecule has 0 spiro atoms. The molecule has 2 nitrogen and oxygen atoms in total. The molecule has 0 saturated heterocycles. The summed E-state index contributed by atoms with van der Waals surface area (Å²) in [6, 6.07) is 5.69. The van der Waals surface area contributed by atoms with E-state index >= 15 is 0 Å². The molecular formula is C12H18Cl2N2. The fraction of sp³-hybridized carbons (Fsp3) is 0.500. The predicted octanol–water partition coefficient (Wildman–Crippen LogP) is 3.41. The maximum absolute atomic E-state index is 5.98. The maximum Gasteiger partial charge on any atom is 0.0612 e. The second kappa shape index (κ2) is 6.33. The van der Waals surface area contributed by atoms with Crippen LogP contribution in [-0.4, -0.2) is 20.1 Å². The van der Waals surface area contributed by atoms with Crippen LogP contribution in [0.3, 0.4) is 0 Å². The molecule has 1 aromatic carbocycles. The smallest absolute Gasteiger partial charge is 0.0612 e. The van der Waals surface area contributed by atoms with Crippen LogP contribution in [-0.2, 0) is 0 Å². The van der Waals surface area contributed by atoms with Crippen LogP contribution in [0.15, 0.2) is 18.2 Å². The van der Waals surface area contributed by atoms with E-state index < -0.39 is 0 Å². The topological polar surface area (TPSA) is 29.3 Å². The molecule has 0 saturated carbocycles. The SMILES string of the molecule is CC(CCN)CN(C)c1ccc(Cl)c(Cl)c1. The molecule has 1 aromatic rings. The Kier molecular flexibility index (Phi) is 5.39. The maximum atomic E-state index is 5.98. The quantitative estimate of drug-likeness (QED) is 0.880. The van der Waals surface area contributed by atoms with Gasteiger partial charge in [-0.15, -0.1) is 0 Å². The van der Waals surface area contributed by atoms with Crippen molar-refractivity contribution in [2.75, 3.05) is 25.0 Å². The first-order valence-electron chi connectivity index (χ1n) is 5.41. The zero-order valence-corrected chi connectivity index (χ0v) is 11.2. The van der Waals surface area contributed by atoms with Gasteiger partial charge in [-0.2, -0.15) is 0 Å². The molecule has 0 aromatic heterocycles. The van der Waals surface area contributed by atoms with Gasteiger partial charge >= 0.3 is 0 Å². The van der Waals surface area contributed by atoms with Crippen molar-refractivity contribution in [3.8, 4) is 0 Å². The zero-order chi connectivity index (χ0) is 12.1. The minimum Gasteiger partial charge on any atom is -0.374 e. The van der Waals surface area contributed by atoms with E-state index in [1.807, 2.05) is 25.2 Å². The fourth-order valence-electron chi connectivity index (χ4n) is 1.67. The van der Waals surface area contributed by atoms with Gasteiger partial charge in [0.05, 0.1) is 10.0 Å². The Morgan fingerprint density at radius 3 is 2.56 bits per heavy atom. The van der Waals surface area contributed by atoms with Gasteiger partial charge in [-0.25, -0.2) is 0 Å². The van der Waals surface area contributed by atoms with Gasteiger partial charge < -0.3 is 10.6 Å². The molecule has 0 radical (unpaired) electrons. The number of nitrogens with zero attached hydrogens (tertiary/aromatic N) is 1. The van der Waals surface area contributed by atoms with E-state index in [1.54, 1.807) is 0 Å². The van der Waals surface area contributed by atoms with Crippen LogP contribution in [0.5, 0.6) is 0 Å². The van der Waals surface area contributed by atoms with Crippen LogP contribution < -0.4 is 10.6 Å². The molecule has 0 fully saturated rings. The Balaban J connectivity index is 2.65. The number of benzene rings is 1. The molecule has 16 heavy (non-hydrogen) atoms. The minimum absolute atomic E-state index is 0.574. The molecule has 1 atom stereocenters. The standard InChI is InChI=1S/C12H18Cl2N2/c1-9(5-6-15)8-16(2)10-3-4-11(13)12(14)7-10/h3-4,7,9H,5-6,8,15H2,1-2H3. The summed E-state index contributed by atoms with van der Waals surface area (Å²) in [5.74, 6) is 0.574. The Hall–Kier alpha value is -0.440. The predicted molar refractivity (Wildman–Crippen MR) is 72.6 cm³/mol. The van der Waals surface area contributed by atoms with Gasteiger partial charge in [-0.05, 0) is 37.1 Å². The van der Waals surface area contributed by atoms with Crippen molar-refractivity contribution in [3.63, 3.8) is 0 Å². The van der Waals surface area contributed by atoms with E-state index in [9.17, 15) is 0 Å². The number of hydrogen-bond acceptors (Lipinski definition) is 2. The van der Waals surface area contributed by atoms with Crippen molar-refractivity contribution in [3.05, 3.63) is 28.2 Å². The van der Waals surface area contributed by atoms with Gasteiger partial charge in [0.25, 0.3) is 0 Å². The zero-order valence-electron chi connectivity index (χ0n) is 9.71. The van der Waals surface area contributed by atoms with E-state index in [4.69, 9.17) is 28.9 Å². The number of halogens is 2. The average molecular weight is 261 g/mol. The van der Waals surface area contributed by atoms with E-state index in [2.05, 4.69) is 11.8 Å². The average Bonchev–Trinajstić information content (AvgIpc) is 2.22. The highest BCUT2D eigenvalue weighted by molar-refractivity contribution is 6.42. The second-order valence-electron chi connectivity index (χ2n) is 4.16. The summed E-state index contributed by atoms with van der Waals surface area (Å²) >= 11 is 11.9. The highest BCUT2D eigenvalue weighted by Gasteiger charge is 2.08. The Bertz CT molecular complexity index is 342. The van der Waals surface area contributed by atoms with Gasteiger partial charge in [0.2, 0.25) is 0 Å². The second-order valence-corrected chi connectivity index (χ2v) is 4.98. The lowest BCUT2D eigenvalue weighted by Gasteiger charge is -2.23. The molecule has 0 heterocycles. The third-order valence-electron chi connectivity index (χ3n) is 2.59. The van der Waals surface area contributed by atoms with E-state index in [0.717, 1.165) is 25.2 Å². The monoisotopic (exact) mass is 260 g/mol. The first kappa shape index (κ1) is 13.6. The number of nitrogens with two attached hydrogens (primary N) is 1. The molecule has 0 aliphatic heterocycles. The number of hydrogen-bond donors (Lipinski definition) is 1. The van der Waals surface area contributed by atoms with Crippen molar-refractivity contribution in [2.45, 2.75) is 13.3 Å². The Morgan fingerprint density at radius 1 is 1.31 bits per heavy atom. The van der Waals surface area contributed by atoms with Crippen LogP contribution in [0.2, 0.25) is 10.0 Å². The minimum atomic E-state index is 0.574. The number of rotatable bonds is 5. The van der Waals surface area contributed by atoms with Crippen LogP contribution in [0.1, 0.15) is 13.3 Å². The van der Waals surface area contributed by atoms with Crippen LogP contribution in [0, 0.1) is 5.92 Å². The van der Waals surface area contributed by atoms with E-state index in [-0.39, 0.29) is 0 Å². The summed E-state index contributed by atoms with van der Waals surface area (Å²) in [5, 5.41) is 1.19. The fourth-order valence-corrected chi connectivity index (χ4v) is 1.96. The molecule has 1 rings (SSSR count). The lowest BCUT2D eigenvalue weighted by Crippen LogP contribution is -2.25. The van der Waals surface area contributed by atoms with E-state index in [1.165, 1.54) is 0 Å². The Morgan fingerprint density at radius 2 is 2.00 bits per heavy atom. The molecule has 4 heteroatoms. The highest BCUT2D eigenvalue weighted by atomic mass is 35.5. The van der Waals surface area contributed by atoms with Crippen molar-refractivity contribution < 1.29 is 0 Å². The lowest BCUT2D eigenvalue weighted by molar-refractivity contribution is 0.539. The molecule has 2 N–H and O–H groups in total. The molecule has 1 unspecified atom stereocenters. The van der Waals surface area contributed by atoms with Gasteiger partial charge in [0, 0.05) is 19.3 Å². The number of anilines is 1. The summed E-state index contributed by atoms with van der Waals surface area (Å²) in [7, 11) is 2.05. The molecular weight excluding hydrogens is 243 g/mol. The van der Waals surface area contributed by atoms with Gasteiger partial charge in [0.15, 0.2) is 0 Å². The summed E-state index contributed by atoms with van der Waals surface area (Å²) in [6.07, 6.45) is 1.03. The molecule has 0 aliphatic carbocycles.